The van der Waals surface area contributed by atoms with Crippen LogP contribution in [0.5, 0.6) is 0 Å². The summed E-state index contributed by atoms with van der Waals surface area (Å²) < 4.78 is 12.8. The van der Waals surface area contributed by atoms with E-state index in [1.165, 1.54) is 24.3 Å². The van der Waals surface area contributed by atoms with E-state index in [2.05, 4.69) is 10.6 Å². The monoisotopic (exact) mass is 363 g/mol. The van der Waals surface area contributed by atoms with Crippen molar-refractivity contribution in [2.75, 3.05) is 30.8 Å². The van der Waals surface area contributed by atoms with E-state index in [9.17, 15) is 14.0 Å². The summed E-state index contributed by atoms with van der Waals surface area (Å²) in [6, 6.07) is 10.7. The maximum Gasteiger partial charge on any atom is 0.238 e. The van der Waals surface area contributed by atoms with Crippen molar-refractivity contribution in [1.29, 1.82) is 0 Å². The van der Waals surface area contributed by atoms with Crippen LogP contribution < -0.4 is 10.6 Å². The first-order chi connectivity index (χ1) is 11.8. The molecule has 2 aromatic carbocycles. The van der Waals surface area contributed by atoms with Crippen molar-refractivity contribution in [3.05, 3.63) is 58.9 Å². The number of likely N-dealkylation sites (N-methyl/N-ethyl adjacent to an activating group) is 1. The molecule has 0 saturated carbocycles. The lowest BCUT2D eigenvalue weighted by Gasteiger charge is -2.16. The molecule has 2 aromatic rings. The summed E-state index contributed by atoms with van der Waals surface area (Å²) in [5.41, 5.74) is 2.03. The fourth-order valence-corrected chi connectivity index (χ4v) is 2.33. The molecule has 0 spiro atoms. The molecule has 2 amide bonds. The zero-order valence-electron chi connectivity index (χ0n) is 14.0. The lowest BCUT2D eigenvalue weighted by Crippen LogP contribution is -2.36. The van der Waals surface area contributed by atoms with E-state index in [-0.39, 0.29) is 30.7 Å². The maximum absolute atomic E-state index is 12.8. The molecule has 2 rings (SSSR count). The second-order valence-electron chi connectivity index (χ2n) is 5.74. The van der Waals surface area contributed by atoms with Gasteiger partial charge in [0, 0.05) is 16.4 Å². The fraction of sp³-hybridized carbons (Fsp3) is 0.222. The van der Waals surface area contributed by atoms with Crippen molar-refractivity contribution in [2.45, 2.75) is 6.92 Å². The molecule has 0 aliphatic heterocycles. The van der Waals surface area contributed by atoms with Crippen LogP contribution in [0.4, 0.5) is 15.8 Å². The Balaban J connectivity index is 1.81. The minimum Gasteiger partial charge on any atom is -0.325 e. The highest BCUT2D eigenvalue weighted by atomic mass is 35.5. The first-order valence-corrected chi connectivity index (χ1v) is 8.01. The Labute approximate surface area is 150 Å². The van der Waals surface area contributed by atoms with Crippen LogP contribution in [0, 0.1) is 12.7 Å². The van der Waals surface area contributed by atoms with E-state index < -0.39 is 0 Å². The molecule has 0 bridgehead atoms. The predicted molar refractivity (Wildman–Crippen MR) is 97.3 cm³/mol. The summed E-state index contributed by atoms with van der Waals surface area (Å²) in [4.78, 5) is 25.5. The number of amides is 2. The van der Waals surface area contributed by atoms with Gasteiger partial charge in [-0.05, 0) is 55.9 Å². The van der Waals surface area contributed by atoms with Gasteiger partial charge >= 0.3 is 0 Å². The maximum atomic E-state index is 12.8. The molecule has 0 fully saturated rings. The standard InChI is InChI=1S/C18H19ClFN3O2/c1-12-3-6-15(9-16(12)19)22-18(25)11-23(2)10-17(24)21-14-7-4-13(20)5-8-14/h3-9H,10-11H2,1-2H3,(H,21,24)(H,22,25). The third-order valence-electron chi connectivity index (χ3n) is 3.41. The highest BCUT2D eigenvalue weighted by Gasteiger charge is 2.11. The van der Waals surface area contributed by atoms with Gasteiger partial charge in [-0.3, -0.25) is 14.5 Å². The molecule has 0 radical (unpaired) electrons. The smallest absolute Gasteiger partial charge is 0.238 e. The van der Waals surface area contributed by atoms with Crippen LogP contribution >= 0.6 is 11.6 Å². The zero-order chi connectivity index (χ0) is 18.4. The summed E-state index contributed by atoms with van der Waals surface area (Å²) in [7, 11) is 1.66. The molecule has 0 atom stereocenters. The summed E-state index contributed by atoms with van der Waals surface area (Å²) in [5.74, 6) is -0.916. The van der Waals surface area contributed by atoms with Crippen molar-refractivity contribution < 1.29 is 14.0 Å². The largest absolute Gasteiger partial charge is 0.325 e. The van der Waals surface area contributed by atoms with Crippen LogP contribution in [0.25, 0.3) is 0 Å². The summed E-state index contributed by atoms with van der Waals surface area (Å²) >= 11 is 6.02. The number of halogens is 2. The number of carbonyl (C=O) groups excluding carboxylic acids is 2. The molecule has 5 nitrogen and oxygen atoms in total. The van der Waals surface area contributed by atoms with Gasteiger partial charge in [-0.25, -0.2) is 4.39 Å². The molecule has 25 heavy (non-hydrogen) atoms. The Morgan fingerprint density at radius 2 is 1.52 bits per heavy atom. The van der Waals surface area contributed by atoms with Gasteiger partial charge in [-0.15, -0.1) is 0 Å². The topological polar surface area (TPSA) is 61.4 Å². The number of anilines is 2. The third kappa shape index (κ3) is 6.17. The number of hydrogen-bond donors (Lipinski definition) is 2. The van der Waals surface area contributed by atoms with E-state index in [4.69, 9.17) is 11.6 Å². The van der Waals surface area contributed by atoms with Crippen molar-refractivity contribution in [2.24, 2.45) is 0 Å². The second kappa shape index (κ2) is 8.60. The lowest BCUT2D eigenvalue weighted by molar-refractivity contribution is -0.119. The molecule has 7 heteroatoms. The van der Waals surface area contributed by atoms with Crippen LogP contribution in [-0.4, -0.2) is 36.9 Å². The van der Waals surface area contributed by atoms with Crippen LogP contribution in [0.15, 0.2) is 42.5 Å². The van der Waals surface area contributed by atoms with Crippen LogP contribution in [0.3, 0.4) is 0 Å². The summed E-state index contributed by atoms with van der Waals surface area (Å²) in [6.45, 7) is 1.95. The van der Waals surface area contributed by atoms with Gasteiger partial charge in [0.2, 0.25) is 11.8 Å². The Hall–Kier alpha value is -2.44. The number of nitrogens with zero attached hydrogens (tertiary/aromatic N) is 1. The second-order valence-corrected chi connectivity index (χ2v) is 6.15. The number of hydrogen-bond acceptors (Lipinski definition) is 3. The molecular formula is C18H19ClFN3O2. The molecule has 2 N–H and O–H groups in total. The Morgan fingerprint density at radius 3 is 2.08 bits per heavy atom. The quantitative estimate of drug-likeness (QED) is 0.827. The normalized spacial score (nSPS) is 10.6. The first kappa shape index (κ1) is 18.9. The van der Waals surface area contributed by atoms with Gasteiger partial charge in [-0.2, -0.15) is 0 Å². The van der Waals surface area contributed by atoms with Crippen molar-refractivity contribution in [1.82, 2.24) is 4.90 Å². The van der Waals surface area contributed by atoms with Crippen LogP contribution in [-0.2, 0) is 9.59 Å². The van der Waals surface area contributed by atoms with Crippen LogP contribution in [0.2, 0.25) is 5.02 Å². The molecule has 0 aliphatic carbocycles. The highest BCUT2D eigenvalue weighted by molar-refractivity contribution is 6.31. The molecular weight excluding hydrogens is 345 g/mol. The van der Waals surface area contributed by atoms with Crippen molar-refractivity contribution in [3.63, 3.8) is 0 Å². The lowest BCUT2D eigenvalue weighted by atomic mass is 10.2. The van der Waals surface area contributed by atoms with E-state index >= 15 is 0 Å². The van der Waals surface area contributed by atoms with Crippen molar-refractivity contribution >= 4 is 34.8 Å². The number of rotatable bonds is 6. The Kier molecular flexibility index (Phi) is 6.50. The molecule has 0 unspecified atom stereocenters. The minimum absolute atomic E-state index is 0.0272. The molecule has 0 heterocycles. The highest BCUT2D eigenvalue weighted by Crippen LogP contribution is 2.19. The van der Waals surface area contributed by atoms with Gasteiger partial charge < -0.3 is 10.6 Å². The number of benzene rings is 2. The molecule has 132 valence electrons. The van der Waals surface area contributed by atoms with E-state index in [1.807, 2.05) is 13.0 Å². The average molecular weight is 364 g/mol. The summed E-state index contributed by atoms with van der Waals surface area (Å²) in [6.07, 6.45) is 0. The van der Waals surface area contributed by atoms with Crippen molar-refractivity contribution in [3.8, 4) is 0 Å². The third-order valence-corrected chi connectivity index (χ3v) is 3.82. The van der Waals surface area contributed by atoms with E-state index in [1.54, 1.807) is 24.1 Å². The fourth-order valence-electron chi connectivity index (χ4n) is 2.15. The number of carbonyl (C=O) groups is 2. The van der Waals surface area contributed by atoms with Gasteiger partial charge in [0.25, 0.3) is 0 Å². The summed E-state index contributed by atoms with van der Waals surface area (Å²) in [5, 5.41) is 5.95. The molecule has 0 aliphatic rings. The van der Waals surface area contributed by atoms with E-state index in [0.717, 1.165) is 5.56 Å². The number of nitrogens with one attached hydrogen (secondary N) is 2. The minimum atomic E-state index is -0.372. The molecule has 0 aromatic heterocycles. The average Bonchev–Trinajstić information content (AvgIpc) is 2.52. The van der Waals surface area contributed by atoms with E-state index in [0.29, 0.717) is 16.4 Å². The Morgan fingerprint density at radius 1 is 1.00 bits per heavy atom. The van der Waals surface area contributed by atoms with Crippen LogP contribution in [0.1, 0.15) is 5.56 Å². The Bertz CT molecular complexity index is 765. The van der Waals surface area contributed by atoms with Gasteiger partial charge in [0.05, 0.1) is 13.1 Å². The molecule has 0 saturated heterocycles. The van der Waals surface area contributed by atoms with Gasteiger partial charge in [0.15, 0.2) is 0 Å². The number of aryl methyl sites for hydroxylation is 1. The van der Waals surface area contributed by atoms with Gasteiger partial charge in [0.1, 0.15) is 5.82 Å². The first-order valence-electron chi connectivity index (χ1n) is 7.63. The zero-order valence-corrected chi connectivity index (χ0v) is 14.7. The SMILES string of the molecule is Cc1ccc(NC(=O)CN(C)CC(=O)Nc2ccc(F)cc2)cc1Cl. The predicted octanol–water partition coefficient (Wildman–Crippen LogP) is 3.30. The van der Waals surface area contributed by atoms with Gasteiger partial charge in [-0.1, -0.05) is 17.7 Å².